The lowest BCUT2D eigenvalue weighted by Gasteiger charge is -2.23. The highest BCUT2D eigenvalue weighted by atomic mass is 32.2. The van der Waals surface area contributed by atoms with Crippen LogP contribution in [-0.2, 0) is 14.8 Å². The third-order valence-electron chi connectivity index (χ3n) is 4.02. The van der Waals surface area contributed by atoms with Crippen molar-refractivity contribution in [3.8, 4) is 5.75 Å². The number of nitrogens with zero attached hydrogens (tertiary/aromatic N) is 1. The second-order valence-corrected chi connectivity index (χ2v) is 7.70. The molecule has 0 amide bonds. The topological polar surface area (TPSA) is 83.9 Å². The van der Waals surface area contributed by atoms with Crippen molar-refractivity contribution in [3.63, 3.8) is 0 Å². The number of rotatable bonds is 7. The van der Waals surface area contributed by atoms with Gasteiger partial charge in [-0.3, -0.25) is 9.10 Å². The maximum absolute atomic E-state index is 13.2. The van der Waals surface area contributed by atoms with Gasteiger partial charge in [0.05, 0.1) is 17.2 Å². The Morgan fingerprint density at radius 3 is 2.30 bits per heavy atom. The predicted octanol–water partition coefficient (Wildman–Crippen LogP) is 3.52. The monoisotopic (exact) mass is 385 g/mol. The summed E-state index contributed by atoms with van der Waals surface area (Å²) in [5.41, 5.74) is 0.258. The van der Waals surface area contributed by atoms with Crippen LogP contribution in [0, 0.1) is 0 Å². The van der Waals surface area contributed by atoms with Crippen molar-refractivity contribution < 1.29 is 23.1 Å². The molecule has 0 radical (unpaired) electrons. The van der Waals surface area contributed by atoms with Crippen molar-refractivity contribution in [3.05, 3.63) is 66.7 Å². The maximum Gasteiger partial charge on any atom is 0.324 e. The molecule has 0 aliphatic rings. The van der Waals surface area contributed by atoms with E-state index in [1.165, 1.54) is 18.2 Å². The summed E-state index contributed by atoms with van der Waals surface area (Å²) < 4.78 is 32.5. The number of benzene rings is 3. The van der Waals surface area contributed by atoms with Gasteiger partial charge >= 0.3 is 5.97 Å². The first kappa shape index (κ1) is 18.7. The van der Waals surface area contributed by atoms with Gasteiger partial charge in [0.2, 0.25) is 0 Å². The summed E-state index contributed by atoms with van der Waals surface area (Å²) in [6, 6.07) is 18.4. The predicted molar refractivity (Wildman–Crippen MR) is 104 cm³/mol. The van der Waals surface area contributed by atoms with E-state index in [0.29, 0.717) is 12.4 Å². The quantitative estimate of drug-likeness (QED) is 0.673. The number of hydrogen-bond acceptors (Lipinski definition) is 4. The highest BCUT2D eigenvalue weighted by Crippen LogP contribution is 2.27. The average molecular weight is 385 g/mol. The third-order valence-corrected chi connectivity index (χ3v) is 5.79. The van der Waals surface area contributed by atoms with Gasteiger partial charge in [0.25, 0.3) is 10.0 Å². The van der Waals surface area contributed by atoms with Crippen molar-refractivity contribution in [2.75, 3.05) is 17.5 Å². The molecule has 0 saturated carbocycles. The van der Waals surface area contributed by atoms with Gasteiger partial charge in [0, 0.05) is 0 Å². The van der Waals surface area contributed by atoms with E-state index in [9.17, 15) is 18.3 Å². The van der Waals surface area contributed by atoms with E-state index in [-0.39, 0.29) is 10.6 Å². The van der Waals surface area contributed by atoms with Gasteiger partial charge < -0.3 is 9.84 Å². The molecule has 140 valence electrons. The van der Waals surface area contributed by atoms with Crippen molar-refractivity contribution >= 4 is 32.5 Å². The molecule has 6 nitrogen and oxygen atoms in total. The van der Waals surface area contributed by atoms with Crippen LogP contribution in [0.3, 0.4) is 0 Å². The number of carboxylic acids is 1. The highest BCUT2D eigenvalue weighted by molar-refractivity contribution is 7.92. The van der Waals surface area contributed by atoms with E-state index in [2.05, 4.69) is 0 Å². The summed E-state index contributed by atoms with van der Waals surface area (Å²) in [6.45, 7) is 1.64. The van der Waals surface area contributed by atoms with Crippen LogP contribution in [0.5, 0.6) is 5.75 Å². The molecule has 0 unspecified atom stereocenters. The maximum atomic E-state index is 13.2. The lowest BCUT2D eigenvalue weighted by molar-refractivity contribution is -0.135. The third kappa shape index (κ3) is 4.03. The first-order valence-electron chi connectivity index (χ1n) is 8.38. The van der Waals surface area contributed by atoms with Gasteiger partial charge in [0.1, 0.15) is 12.3 Å². The molecule has 0 saturated heterocycles. The number of fused-ring (bicyclic) bond motifs is 1. The number of aliphatic carboxylic acids is 1. The van der Waals surface area contributed by atoms with Crippen LogP contribution in [-0.4, -0.2) is 32.6 Å². The molecular formula is C20H19NO5S. The second-order valence-electron chi connectivity index (χ2n) is 5.84. The SMILES string of the molecule is CCOc1ccc(N(CC(=O)O)S(=O)(=O)c2ccc3ccccc3c2)cc1. The molecule has 3 aromatic rings. The van der Waals surface area contributed by atoms with Crippen LogP contribution in [0.2, 0.25) is 0 Å². The Bertz CT molecular complexity index is 1060. The smallest absolute Gasteiger partial charge is 0.324 e. The molecule has 0 fully saturated rings. The average Bonchev–Trinajstić information content (AvgIpc) is 2.66. The van der Waals surface area contributed by atoms with Crippen molar-refractivity contribution in [1.82, 2.24) is 0 Å². The Balaban J connectivity index is 2.05. The number of sulfonamides is 1. The molecule has 0 aliphatic heterocycles. The Kier molecular flexibility index (Phi) is 5.32. The van der Waals surface area contributed by atoms with Crippen LogP contribution in [0.1, 0.15) is 6.92 Å². The highest BCUT2D eigenvalue weighted by Gasteiger charge is 2.27. The summed E-state index contributed by atoms with van der Waals surface area (Å²) in [4.78, 5) is 11.4. The van der Waals surface area contributed by atoms with Gasteiger partial charge in [-0.25, -0.2) is 8.42 Å². The summed E-state index contributed by atoms with van der Waals surface area (Å²) in [6.07, 6.45) is 0. The molecule has 1 N–H and O–H groups in total. The largest absolute Gasteiger partial charge is 0.494 e. The fourth-order valence-electron chi connectivity index (χ4n) is 2.77. The fourth-order valence-corrected chi connectivity index (χ4v) is 4.22. The fraction of sp³-hybridized carbons (Fsp3) is 0.150. The van der Waals surface area contributed by atoms with Crippen LogP contribution >= 0.6 is 0 Å². The van der Waals surface area contributed by atoms with Crippen LogP contribution in [0.15, 0.2) is 71.6 Å². The summed E-state index contributed by atoms with van der Waals surface area (Å²) in [5.74, 6) is -0.659. The minimum atomic E-state index is -4.05. The molecule has 0 spiro atoms. The molecule has 27 heavy (non-hydrogen) atoms. The zero-order chi connectivity index (χ0) is 19.4. The second kappa shape index (κ2) is 7.67. The standard InChI is InChI=1S/C20H19NO5S/c1-2-26-18-10-8-17(9-11-18)21(14-20(22)23)27(24,25)19-12-7-15-5-3-4-6-16(15)13-19/h3-13H,2,14H2,1H3,(H,22,23). The van der Waals surface area contributed by atoms with Crippen LogP contribution < -0.4 is 9.04 Å². The molecule has 7 heteroatoms. The summed E-state index contributed by atoms with van der Waals surface area (Å²) >= 11 is 0. The van der Waals surface area contributed by atoms with E-state index >= 15 is 0 Å². The van der Waals surface area contributed by atoms with E-state index in [1.807, 2.05) is 31.2 Å². The first-order chi connectivity index (χ1) is 12.9. The molecule has 3 aromatic carbocycles. The summed E-state index contributed by atoms with van der Waals surface area (Å²) in [5, 5.41) is 10.9. The molecule has 0 atom stereocenters. The number of anilines is 1. The van der Waals surface area contributed by atoms with E-state index in [4.69, 9.17) is 4.74 Å². The molecule has 3 rings (SSSR count). The molecular weight excluding hydrogens is 366 g/mol. The van der Waals surface area contributed by atoms with Gasteiger partial charge in [-0.1, -0.05) is 30.3 Å². The molecule has 0 bridgehead atoms. The zero-order valence-electron chi connectivity index (χ0n) is 14.7. The van der Waals surface area contributed by atoms with Gasteiger partial charge in [0.15, 0.2) is 0 Å². The van der Waals surface area contributed by atoms with Crippen molar-refractivity contribution in [2.24, 2.45) is 0 Å². The number of carbonyl (C=O) groups is 1. The Labute approximate surface area is 157 Å². The number of hydrogen-bond donors (Lipinski definition) is 1. The number of ether oxygens (including phenoxy) is 1. The molecule has 0 aliphatic carbocycles. The Morgan fingerprint density at radius 2 is 1.67 bits per heavy atom. The van der Waals surface area contributed by atoms with Crippen LogP contribution in [0.25, 0.3) is 10.8 Å². The summed E-state index contributed by atoms with van der Waals surface area (Å²) in [7, 11) is -4.05. The van der Waals surface area contributed by atoms with Crippen molar-refractivity contribution in [2.45, 2.75) is 11.8 Å². The normalized spacial score (nSPS) is 11.3. The minimum Gasteiger partial charge on any atom is -0.494 e. The van der Waals surface area contributed by atoms with E-state index in [1.54, 1.807) is 24.3 Å². The van der Waals surface area contributed by atoms with Gasteiger partial charge in [-0.05, 0) is 54.1 Å². The lowest BCUT2D eigenvalue weighted by Crippen LogP contribution is -2.35. The molecule has 0 aromatic heterocycles. The zero-order valence-corrected chi connectivity index (χ0v) is 15.5. The molecule has 0 heterocycles. The Hall–Kier alpha value is -3.06. The van der Waals surface area contributed by atoms with Gasteiger partial charge in [-0.15, -0.1) is 0 Å². The first-order valence-corrected chi connectivity index (χ1v) is 9.82. The van der Waals surface area contributed by atoms with Crippen LogP contribution in [0.4, 0.5) is 5.69 Å². The van der Waals surface area contributed by atoms with E-state index < -0.39 is 22.5 Å². The lowest BCUT2D eigenvalue weighted by atomic mass is 10.1. The Morgan fingerprint density at radius 1 is 1.00 bits per heavy atom. The minimum absolute atomic E-state index is 0.0383. The van der Waals surface area contributed by atoms with Crippen molar-refractivity contribution in [1.29, 1.82) is 0 Å². The number of carboxylic acid groups (broad SMARTS) is 1. The van der Waals surface area contributed by atoms with E-state index in [0.717, 1.165) is 15.1 Å². The van der Waals surface area contributed by atoms with Gasteiger partial charge in [-0.2, -0.15) is 0 Å².